The molecular weight excluding hydrogens is 933 g/mol. The SMILES string of the molecule is CC1C=C(c2ccc(N(c3ccc4c(c3)C(C)(C)c3ccccc3-4)C3C=CC(N(c4ccccc4)c4ccc(-c5ccc6sc7ccccc7c6c5)cc4)=CC3)cc2)C=CC1c1cccc2c1sc1ccccc12. The Morgan fingerprint density at radius 3 is 1.89 bits per heavy atom. The van der Waals surface area contributed by atoms with Gasteiger partial charge in [0, 0.05) is 80.1 Å². The summed E-state index contributed by atoms with van der Waals surface area (Å²) in [6.45, 7) is 7.14. The average molecular weight is 987 g/mol. The summed E-state index contributed by atoms with van der Waals surface area (Å²) in [7, 11) is 0. The van der Waals surface area contributed by atoms with E-state index in [2.05, 4.69) is 273 Å². The minimum Gasteiger partial charge on any atom is -0.334 e. The summed E-state index contributed by atoms with van der Waals surface area (Å²) in [4.78, 5) is 4.97. The van der Waals surface area contributed by atoms with Gasteiger partial charge in [0.25, 0.3) is 0 Å². The molecule has 3 aliphatic rings. The summed E-state index contributed by atoms with van der Waals surface area (Å²) in [6.07, 6.45) is 15.3. The minimum absolute atomic E-state index is 0.0869. The molecule has 0 aliphatic heterocycles. The fraction of sp³-hybridized carbons (Fsp3) is 0.114. The van der Waals surface area contributed by atoms with E-state index in [0.29, 0.717) is 11.8 Å². The van der Waals surface area contributed by atoms with Crippen molar-refractivity contribution in [2.24, 2.45) is 5.92 Å². The Morgan fingerprint density at radius 2 is 1.11 bits per heavy atom. The number of hydrogen-bond donors (Lipinski definition) is 0. The molecule has 74 heavy (non-hydrogen) atoms. The number of hydrogen-bond acceptors (Lipinski definition) is 4. The quantitative estimate of drug-likeness (QED) is 0.142. The van der Waals surface area contributed by atoms with Crippen molar-refractivity contribution in [3.63, 3.8) is 0 Å². The highest BCUT2D eigenvalue weighted by molar-refractivity contribution is 7.26. The molecule has 0 saturated carbocycles. The molecule has 3 aliphatic carbocycles. The lowest BCUT2D eigenvalue weighted by atomic mass is 9.80. The van der Waals surface area contributed by atoms with Gasteiger partial charge in [-0.15, -0.1) is 22.7 Å². The third-order valence-corrected chi connectivity index (χ3v) is 18.5. The van der Waals surface area contributed by atoms with Gasteiger partial charge in [-0.05, 0) is 141 Å². The van der Waals surface area contributed by atoms with Gasteiger partial charge in [-0.2, -0.15) is 0 Å². The van der Waals surface area contributed by atoms with Crippen LogP contribution in [0.25, 0.3) is 68.2 Å². The second-order valence-corrected chi connectivity index (χ2v) is 23.0. The van der Waals surface area contributed by atoms with Crippen LogP contribution in [0, 0.1) is 5.92 Å². The van der Waals surface area contributed by atoms with Crippen molar-refractivity contribution in [1.82, 2.24) is 0 Å². The monoisotopic (exact) mass is 986 g/mol. The molecule has 0 saturated heterocycles. The number of nitrogens with zero attached hydrogens (tertiary/aromatic N) is 2. The summed E-state index contributed by atoms with van der Waals surface area (Å²) >= 11 is 3.79. The van der Waals surface area contributed by atoms with Crippen LogP contribution in [0.1, 0.15) is 55.4 Å². The lowest BCUT2D eigenvalue weighted by Gasteiger charge is -2.36. The second-order valence-electron chi connectivity index (χ2n) is 20.8. The van der Waals surface area contributed by atoms with Crippen LogP contribution in [-0.4, -0.2) is 6.04 Å². The van der Waals surface area contributed by atoms with E-state index in [9.17, 15) is 0 Å². The fourth-order valence-corrected chi connectivity index (χ4v) is 14.7. The van der Waals surface area contributed by atoms with Crippen LogP contribution in [0.15, 0.2) is 248 Å². The van der Waals surface area contributed by atoms with Crippen molar-refractivity contribution in [3.8, 4) is 22.3 Å². The van der Waals surface area contributed by atoms with Crippen LogP contribution < -0.4 is 9.80 Å². The zero-order valence-electron chi connectivity index (χ0n) is 41.7. The molecule has 3 unspecified atom stereocenters. The number of benzene rings is 9. The predicted octanol–water partition coefficient (Wildman–Crippen LogP) is 20.0. The lowest BCUT2D eigenvalue weighted by molar-refractivity contribution is 0.642. The van der Waals surface area contributed by atoms with Gasteiger partial charge in [0.15, 0.2) is 0 Å². The Morgan fingerprint density at radius 1 is 0.473 bits per heavy atom. The molecular formula is C70H54N2S2. The van der Waals surface area contributed by atoms with Crippen LogP contribution in [0.5, 0.6) is 0 Å². The largest absolute Gasteiger partial charge is 0.334 e. The molecule has 0 bridgehead atoms. The van der Waals surface area contributed by atoms with Gasteiger partial charge < -0.3 is 9.80 Å². The van der Waals surface area contributed by atoms with Gasteiger partial charge in [-0.3, -0.25) is 0 Å². The molecule has 2 heterocycles. The summed E-state index contributed by atoms with van der Waals surface area (Å²) in [6, 6.07) is 76.8. The first-order valence-electron chi connectivity index (χ1n) is 26.0. The molecule has 0 N–H and O–H groups in total. The molecule has 3 atom stereocenters. The molecule has 356 valence electrons. The molecule has 0 fully saturated rings. The normalized spacial score (nSPS) is 17.6. The van der Waals surface area contributed by atoms with Crippen molar-refractivity contribution in [1.29, 1.82) is 0 Å². The van der Waals surface area contributed by atoms with Crippen LogP contribution in [0.3, 0.4) is 0 Å². The van der Waals surface area contributed by atoms with E-state index in [1.165, 1.54) is 107 Å². The molecule has 9 aromatic carbocycles. The Kier molecular flexibility index (Phi) is 10.8. The Hall–Kier alpha value is -8.02. The zero-order valence-corrected chi connectivity index (χ0v) is 43.4. The topological polar surface area (TPSA) is 6.48 Å². The highest BCUT2D eigenvalue weighted by atomic mass is 32.1. The Bertz CT molecular complexity index is 4110. The first-order chi connectivity index (χ1) is 36.3. The van der Waals surface area contributed by atoms with Crippen molar-refractivity contribution < 1.29 is 0 Å². The minimum atomic E-state index is -0.111. The number of fused-ring (bicyclic) bond motifs is 9. The molecule has 2 nitrogen and oxygen atoms in total. The number of rotatable bonds is 9. The first kappa shape index (κ1) is 44.7. The molecule has 4 heteroatoms. The van der Waals surface area contributed by atoms with Crippen molar-refractivity contribution in [2.75, 3.05) is 9.80 Å². The molecule has 2 aromatic heterocycles. The smallest absolute Gasteiger partial charge is 0.0561 e. The van der Waals surface area contributed by atoms with E-state index >= 15 is 0 Å². The second kappa shape index (κ2) is 17.9. The molecule has 14 rings (SSSR count). The van der Waals surface area contributed by atoms with Gasteiger partial charge in [0.1, 0.15) is 0 Å². The fourth-order valence-electron chi connectivity index (χ4n) is 12.3. The number of allylic oxidation sites excluding steroid dienone is 5. The summed E-state index contributed by atoms with van der Waals surface area (Å²) in [5.74, 6) is 0.673. The maximum atomic E-state index is 2.57. The number of thiophene rings is 2. The zero-order chi connectivity index (χ0) is 49.5. The molecule has 0 spiro atoms. The predicted molar refractivity (Wildman–Crippen MR) is 320 cm³/mol. The maximum absolute atomic E-state index is 2.57. The Balaban J connectivity index is 0.783. The third kappa shape index (κ3) is 7.50. The maximum Gasteiger partial charge on any atom is 0.0561 e. The average Bonchev–Trinajstić information content (AvgIpc) is 4.12. The van der Waals surface area contributed by atoms with E-state index in [1.807, 2.05) is 22.7 Å². The summed E-state index contributed by atoms with van der Waals surface area (Å²) < 4.78 is 5.43. The van der Waals surface area contributed by atoms with E-state index in [1.54, 1.807) is 0 Å². The standard InChI is InChI=1S/C70H54N2S2/c1-45-42-48(28-39-56(45)61-19-13-20-62-59-17-8-12-23-67(59)74-69(61)62)46-24-32-52(33-25-46)72(55-38-40-58-57-16-7-10-21-64(57)70(2,3)65(58)44-55)54-36-34-53(35-37-54)71(50-14-5-4-6-15-50)51-30-26-47(27-31-51)49-29-41-68-63(43-49)60-18-9-11-22-66(60)73-68/h4-36,38-45,54,56H,37H2,1-3H3. The number of anilines is 4. The van der Waals surface area contributed by atoms with Crippen molar-refractivity contribution in [2.45, 2.75) is 44.6 Å². The highest BCUT2D eigenvalue weighted by Crippen LogP contribution is 2.51. The van der Waals surface area contributed by atoms with Crippen molar-refractivity contribution >= 4 is 91.3 Å². The van der Waals surface area contributed by atoms with Gasteiger partial charge >= 0.3 is 0 Å². The van der Waals surface area contributed by atoms with Crippen LogP contribution in [-0.2, 0) is 5.41 Å². The van der Waals surface area contributed by atoms with E-state index in [4.69, 9.17) is 0 Å². The highest BCUT2D eigenvalue weighted by Gasteiger charge is 2.36. The van der Waals surface area contributed by atoms with Gasteiger partial charge in [0.05, 0.1) is 6.04 Å². The molecule has 11 aromatic rings. The van der Waals surface area contributed by atoms with Gasteiger partial charge in [0.2, 0.25) is 0 Å². The third-order valence-electron chi connectivity index (χ3n) is 16.1. The number of para-hydroxylation sites is 1. The van der Waals surface area contributed by atoms with Crippen molar-refractivity contribution in [3.05, 3.63) is 271 Å². The summed E-state index contributed by atoms with van der Waals surface area (Å²) in [5, 5.41) is 5.37. The van der Waals surface area contributed by atoms with Gasteiger partial charge in [-0.1, -0.05) is 185 Å². The molecule has 0 amide bonds. The van der Waals surface area contributed by atoms with Crippen LogP contribution in [0.2, 0.25) is 0 Å². The van der Waals surface area contributed by atoms with Crippen LogP contribution in [0.4, 0.5) is 22.7 Å². The summed E-state index contributed by atoms with van der Waals surface area (Å²) in [5.41, 5.74) is 17.6. The first-order valence-corrected chi connectivity index (χ1v) is 27.7. The van der Waals surface area contributed by atoms with Crippen LogP contribution >= 0.6 is 22.7 Å². The lowest BCUT2D eigenvalue weighted by Crippen LogP contribution is -2.31. The van der Waals surface area contributed by atoms with E-state index in [-0.39, 0.29) is 11.5 Å². The molecule has 0 radical (unpaired) electrons. The van der Waals surface area contributed by atoms with E-state index in [0.717, 1.165) is 17.8 Å². The Labute approximate surface area is 441 Å². The van der Waals surface area contributed by atoms with E-state index < -0.39 is 0 Å². The van der Waals surface area contributed by atoms with Gasteiger partial charge in [-0.25, -0.2) is 0 Å².